The Balaban J connectivity index is 1.79. The molecule has 0 bridgehead atoms. The van der Waals surface area contributed by atoms with Crippen LogP contribution in [-0.2, 0) is 14.3 Å². The van der Waals surface area contributed by atoms with Crippen LogP contribution in [-0.4, -0.2) is 23.8 Å². The molecule has 7 heteroatoms. The quantitative estimate of drug-likeness (QED) is 0.584. The molecule has 26 heavy (non-hydrogen) atoms. The molecule has 0 aromatic heterocycles. The van der Waals surface area contributed by atoms with Crippen molar-refractivity contribution >= 4 is 34.9 Å². The topological polar surface area (TPSA) is 72.5 Å². The van der Waals surface area contributed by atoms with Crippen molar-refractivity contribution in [1.29, 1.82) is 0 Å². The summed E-state index contributed by atoms with van der Waals surface area (Å²) in [6.45, 7) is 1.41. The minimum atomic E-state index is -1.04. The van der Waals surface area contributed by atoms with Gasteiger partial charge in [-0.2, -0.15) is 0 Å². The van der Waals surface area contributed by atoms with Crippen LogP contribution in [0.5, 0.6) is 0 Å². The van der Waals surface area contributed by atoms with E-state index in [1.165, 1.54) is 31.2 Å². The fourth-order valence-electron chi connectivity index (χ4n) is 2.08. The van der Waals surface area contributed by atoms with Crippen molar-refractivity contribution in [3.05, 3.63) is 64.9 Å². The van der Waals surface area contributed by atoms with E-state index in [2.05, 4.69) is 5.32 Å². The summed E-state index contributed by atoms with van der Waals surface area (Å²) in [5, 5.41) is 3.02. The number of Topliss-reactive ketones (excluding diaryl/α,β-unsaturated/α-hetero) is 1. The van der Waals surface area contributed by atoms with E-state index in [0.717, 1.165) is 0 Å². The van der Waals surface area contributed by atoms with E-state index in [4.69, 9.17) is 16.3 Å². The minimum Gasteiger partial charge on any atom is -0.453 e. The van der Waals surface area contributed by atoms with Gasteiger partial charge in [0.15, 0.2) is 11.9 Å². The fraction of sp³-hybridized carbons (Fsp3) is 0.211. The Morgan fingerprint density at radius 1 is 1.04 bits per heavy atom. The van der Waals surface area contributed by atoms with Gasteiger partial charge in [0.1, 0.15) is 5.82 Å². The number of anilines is 1. The number of rotatable bonds is 7. The highest BCUT2D eigenvalue weighted by molar-refractivity contribution is 6.30. The average Bonchev–Trinajstić information content (AvgIpc) is 2.62. The Labute approximate surface area is 155 Å². The van der Waals surface area contributed by atoms with E-state index in [1.807, 2.05) is 0 Å². The van der Waals surface area contributed by atoms with Gasteiger partial charge in [0, 0.05) is 22.7 Å². The van der Waals surface area contributed by atoms with Gasteiger partial charge in [-0.15, -0.1) is 0 Å². The van der Waals surface area contributed by atoms with Gasteiger partial charge < -0.3 is 10.1 Å². The largest absolute Gasteiger partial charge is 0.453 e. The summed E-state index contributed by atoms with van der Waals surface area (Å²) in [7, 11) is 0. The zero-order valence-electron chi connectivity index (χ0n) is 14.0. The smallest absolute Gasteiger partial charge is 0.307 e. The van der Waals surface area contributed by atoms with Crippen LogP contribution < -0.4 is 5.32 Å². The molecule has 0 heterocycles. The van der Waals surface area contributed by atoms with Crippen molar-refractivity contribution in [2.24, 2.45) is 0 Å². The summed E-state index contributed by atoms with van der Waals surface area (Å²) in [6, 6.07) is 11.5. The molecule has 1 N–H and O–H groups in total. The average molecular weight is 378 g/mol. The van der Waals surface area contributed by atoms with Crippen molar-refractivity contribution in [3.8, 4) is 0 Å². The normalized spacial score (nSPS) is 11.5. The second-order valence-electron chi connectivity index (χ2n) is 5.56. The summed E-state index contributed by atoms with van der Waals surface area (Å²) in [6.07, 6.45) is -1.22. The zero-order valence-corrected chi connectivity index (χ0v) is 14.8. The van der Waals surface area contributed by atoms with Gasteiger partial charge in [-0.05, 0) is 55.5 Å². The molecule has 5 nitrogen and oxygen atoms in total. The zero-order chi connectivity index (χ0) is 19.1. The summed E-state index contributed by atoms with van der Waals surface area (Å²) >= 11 is 5.75. The van der Waals surface area contributed by atoms with Crippen LogP contribution in [0.1, 0.15) is 30.1 Å². The van der Waals surface area contributed by atoms with E-state index in [-0.39, 0.29) is 18.6 Å². The number of carbonyl (C=O) groups excluding carboxylic acids is 3. The molecule has 1 atom stereocenters. The maximum absolute atomic E-state index is 12.8. The molecule has 0 spiro atoms. The van der Waals surface area contributed by atoms with Gasteiger partial charge in [0.2, 0.25) is 0 Å². The minimum absolute atomic E-state index is 0.0350. The van der Waals surface area contributed by atoms with Gasteiger partial charge in [-0.3, -0.25) is 14.4 Å². The third kappa shape index (κ3) is 5.97. The van der Waals surface area contributed by atoms with E-state index < -0.39 is 23.8 Å². The van der Waals surface area contributed by atoms with Crippen LogP contribution in [0.25, 0.3) is 0 Å². The molecule has 0 unspecified atom stereocenters. The second kappa shape index (κ2) is 9.10. The highest BCUT2D eigenvalue weighted by Crippen LogP contribution is 2.13. The molecular weight excluding hydrogens is 361 g/mol. The van der Waals surface area contributed by atoms with Crippen molar-refractivity contribution < 1.29 is 23.5 Å². The predicted molar refractivity (Wildman–Crippen MR) is 95.6 cm³/mol. The number of ketones is 1. The Morgan fingerprint density at radius 3 is 2.27 bits per heavy atom. The van der Waals surface area contributed by atoms with Crippen molar-refractivity contribution in [2.45, 2.75) is 25.9 Å². The van der Waals surface area contributed by atoms with Gasteiger partial charge in [-0.1, -0.05) is 11.6 Å². The Hall–Kier alpha value is -2.73. The lowest BCUT2D eigenvalue weighted by Crippen LogP contribution is -2.30. The molecule has 0 aliphatic carbocycles. The molecule has 0 saturated carbocycles. The molecule has 2 aromatic rings. The highest BCUT2D eigenvalue weighted by Gasteiger charge is 2.19. The SMILES string of the molecule is C[C@@H](OC(=O)CCC(=O)c1ccc(Cl)cc1)C(=O)Nc1ccc(F)cc1. The number of hydrogen-bond acceptors (Lipinski definition) is 4. The van der Waals surface area contributed by atoms with Crippen molar-refractivity contribution in [2.75, 3.05) is 5.32 Å². The number of hydrogen-bond donors (Lipinski definition) is 1. The molecule has 0 aliphatic heterocycles. The number of esters is 1. The van der Waals surface area contributed by atoms with Gasteiger partial charge in [-0.25, -0.2) is 4.39 Å². The Bertz CT molecular complexity index is 790. The third-order valence-corrected chi connectivity index (χ3v) is 3.76. The van der Waals surface area contributed by atoms with Crippen LogP contribution >= 0.6 is 11.6 Å². The Kier molecular flexibility index (Phi) is 6.86. The van der Waals surface area contributed by atoms with Crippen LogP contribution in [0.15, 0.2) is 48.5 Å². The van der Waals surface area contributed by atoms with Gasteiger partial charge in [0.25, 0.3) is 5.91 Å². The predicted octanol–water partition coefficient (Wildman–Crippen LogP) is 4.01. The van der Waals surface area contributed by atoms with Gasteiger partial charge in [0.05, 0.1) is 6.42 Å². The summed E-state index contributed by atoms with van der Waals surface area (Å²) in [5.41, 5.74) is 0.835. The van der Waals surface area contributed by atoms with Crippen molar-refractivity contribution in [1.82, 2.24) is 0 Å². The summed E-state index contributed by atoms with van der Waals surface area (Å²) in [5.74, 6) is -1.85. The molecule has 136 valence electrons. The van der Waals surface area contributed by atoms with E-state index in [0.29, 0.717) is 16.3 Å². The monoisotopic (exact) mass is 377 g/mol. The lowest BCUT2D eigenvalue weighted by atomic mass is 10.1. The molecular formula is C19H17ClFNO4. The lowest BCUT2D eigenvalue weighted by Gasteiger charge is -2.13. The summed E-state index contributed by atoms with van der Waals surface area (Å²) in [4.78, 5) is 35.8. The number of halogens is 2. The second-order valence-corrected chi connectivity index (χ2v) is 5.99. The molecule has 0 radical (unpaired) electrons. The highest BCUT2D eigenvalue weighted by atomic mass is 35.5. The first-order chi connectivity index (χ1) is 12.3. The van der Waals surface area contributed by atoms with E-state index in [9.17, 15) is 18.8 Å². The first kappa shape index (κ1) is 19.6. The lowest BCUT2D eigenvalue weighted by molar-refractivity contribution is -0.153. The number of benzene rings is 2. The number of carbonyl (C=O) groups is 3. The Morgan fingerprint density at radius 2 is 1.65 bits per heavy atom. The molecule has 0 aliphatic rings. The number of nitrogens with one attached hydrogen (secondary N) is 1. The first-order valence-corrected chi connectivity index (χ1v) is 8.27. The fourth-order valence-corrected chi connectivity index (χ4v) is 2.21. The molecule has 1 amide bonds. The number of ether oxygens (including phenoxy) is 1. The van der Waals surface area contributed by atoms with Crippen LogP contribution in [0.3, 0.4) is 0 Å². The first-order valence-electron chi connectivity index (χ1n) is 7.90. The maximum Gasteiger partial charge on any atom is 0.307 e. The molecule has 0 fully saturated rings. The van der Waals surface area contributed by atoms with Crippen LogP contribution in [0, 0.1) is 5.82 Å². The van der Waals surface area contributed by atoms with Gasteiger partial charge >= 0.3 is 5.97 Å². The van der Waals surface area contributed by atoms with E-state index in [1.54, 1.807) is 24.3 Å². The standard InChI is InChI=1S/C19H17ClFNO4/c1-12(19(25)22-16-8-6-15(21)7-9-16)26-18(24)11-10-17(23)13-2-4-14(20)5-3-13/h2-9,12H,10-11H2,1H3,(H,22,25)/t12-/m1/s1. The van der Waals surface area contributed by atoms with E-state index >= 15 is 0 Å². The molecule has 0 saturated heterocycles. The molecule has 2 aromatic carbocycles. The van der Waals surface area contributed by atoms with Crippen LogP contribution in [0.2, 0.25) is 5.02 Å². The molecule has 2 rings (SSSR count). The maximum atomic E-state index is 12.8. The number of amides is 1. The third-order valence-electron chi connectivity index (χ3n) is 3.51. The van der Waals surface area contributed by atoms with Crippen molar-refractivity contribution in [3.63, 3.8) is 0 Å². The van der Waals surface area contributed by atoms with Crippen LogP contribution in [0.4, 0.5) is 10.1 Å². The summed E-state index contributed by atoms with van der Waals surface area (Å²) < 4.78 is 17.8.